The van der Waals surface area contributed by atoms with E-state index in [-0.39, 0.29) is 0 Å². The average molecular weight is 127 g/mol. The molecule has 2 atom stereocenters. The molecule has 1 unspecified atom stereocenters. The summed E-state index contributed by atoms with van der Waals surface area (Å²) in [5, 5.41) is 0. The van der Waals surface area contributed by atoms with E-state index in [0.29, 0.717) is 0 Å². The molecule has 0 aromatic rings. The Kier molecular flexibility index (Phi) is 2.52. The molecule has 0 heterocycles. The van der Waals surface area contributed by atoms with E-state index in [1.54, 1.807) is 0 Å². The molecule has 0 spiro atoms. The highest BCUT2D eigenvalue weighted by molar-refractivity contribution is 4.80. The third-order valence-corrected chi connectivity index (χ3v) is 2.54. The number of hydrogen-bond acceptors (Lipinski definition) is 1. The molecule has 1 saturated carbocycles. The molecule has 0 radical (unpaired) electrons. The Bertz CT molecular complexity index is 78.6. The van der Waals surface area contributed by atoms with Crippen LogP contribution < -0.4 is 5.73 Å². The van der Waals surface area contributed by atoms with Crippen molar-refractivity contribution in [1.82, 2.24) is 0 Å². The van der Waals surface area contributed by atoms with Gasteiger partial charge in [0.15, 0.2) is 0 Å². The molecule has 0 amide bonds. The van der Waals surface area contributed by atoms with Gasteiger partial charge >= 0.3 is 0 Å². The van der Waals surface area contributed by atoms with Crippen LogP contribution in [0, 0.1) is 11.8 Å². The smallest absolute Gasteiger partial charge is 0.00462 e. The summed E-state index contributed by atoms with van der Waals surface area (Å²) in [7, 11) is 0. The molecule has 0 aliphatic heterocycles. The normalized spacial score (nSPS) is 34.0. The van der Waals surface area contributed by atoms with Crippen LogP contribution in [0.2, 0.25) is 0 Å². The van der Waals surface area contributed by atoms with Crippen molar-refractivity contribution in [2.45, 2.75) is 32.6 Å². The zero-order valence-electron chi connectivity index (χ0n) is 6.27. The fraction of sp³-hybridized carbons (Fsp3) is 1.00. The summed E-state index contributed by atoms with van der Waals surface area (Å²) in [6.07, 6.45) is 5.57. The van der Waals surface area contributed by atoms with Gasteiger partial charge in [-0.05, 0) is 31.2 Å². The van der Waals surface area contributed by atoms with Crippen molar-refractivity contribution in [3.05, 3.63) is 0 Å². The molecule has 1 aliphatic carbocycles. The van der Waals surface area contributed by atoms with Crippen molar-refractivity contribution >= 4 is 0 Å². The van der Waals surface area contributed by atoms with E-state index in [2.05, 4.69) is 6.92 Å². The molecular formula is C8H17N. The maximum absolute atomic E-state index is 5.55. The molecule has 1 rings (SSSR count). The summed E-state index contributed by atoms with van der Waals surface area (Å²) in [6, 6.07) is 0. The van der Waals surface area contributed by atoms with Gasteiger partial charge in [0.25, 0.3) is 0 Å². The Morgan fingerprint density at radius 3 is 2.33 bits per heavy atom. The highest BCUT2D eigenvalue weighted by atomic mass is 14.6. The number of hydrogen-bond donors (Lipinski definition) is 1. The molecule has 1 nitrogen and oxygen atoms in total. The molecule has 1 aliphatic rings. The summed E-state index contributed by atoms with van der Waals surface area (Å²) >= 11 is 0. The van der Waals surface area contributed by atoms with Crippen LogP contribution in [0.3, 0.4) is 0 Å². The van der Waals surface area contributed by atoms with Gasteiger partial charge in [-0.1, -0.05) is 19.8 Å². The lowest BCUT2D eigenvalue weighted by Crippen LogP contribution is -2.32. The Morgan fingerprint density at radius 2 is 2.00 bits per heavy atom. The first-order chi connectivity index (χ1) is 4.38. The molecule has 0 saturated heterocycles. The van der Waals surface area contributed by atoms with Gasteiger partial charge in [-0.2, -0.15) is 0 Å². The molecule has 2 N–H and O–H groups in total. The van der Waals surface area contributed by atoms with Crippen LogP contribution in [-0.4, -0.2) is 6.54 Å². The van der Waals surface area contributed by atoms with Crippen LogP contribution in [0.5, 0.6) is 0 Å². The molecule has 54 valence electrons. The van der Waals surface area contributed by atoms with Crippen LogP contribution in [0.25, 0.3) is 0 Å². The maximum atomic E-state index is 5.55. The van der Waals surface area contributed by atoms with Crippen molar-refractivity contribution in [3.63, 3.8) is 0 Å². The minimum absolute atomic E-state index is 0.880. The van der Waals surface area contributed by atoms with Gasteiger partial charge in [-0.3, -0.25) is 0 Å². The summed E-state index contributed by atoms with van der Waals surface area (Å²) in [4.78, 5) is 0. The monoisotopic (exact) mass is 127 g/mol. The second-order valence-corrected chi connectivity index (χ2v) is 3.12. The summed E-state index contributed by atoms with van der Waals surface area (Å²) in [6.45, 7) is 3.18. The zero-order chi connectivity index (χ0) is 6.69. The lowest BCUT2D eigenvalue weighted by molar-refractivity contribution is 0.170. The highest BCUT2D eigenvalue weighted by Crippen LogP contribution is 2.36. The Hall–Kier alpha value is -0.0400. The standard InChI is InChI=1S/C8H17N/c1-2-3-7-4-5-8(7)6-9/h7-8H,2-6,9H2,1H3/t7?,8-/m1/s1. The van der Waals surface area contributed by atoms with Crippen LogP contribution in [0.1, 0.15) is 32.6 Å². The third-order valence-electron chi connectivity index (χ3n) is 2.54. The number of rotatable bonds is 3. The van der Waals surface area contributed by atoms with Crippen molar-refractivity contribution in [3.8, 4) is 0 Å². The van der Waals surface area contributed by atoms with Crippen molar-refractivity contribution in [2.75, 3.05) is 6.54 Å². The first kappa shape index (κ1) is 7.07. The minimum Gasteiger partial charge on any atom is -0.330 e. The molecule has 1 fully saturated rings. The van der Waals surface area contributed by atoms with Crippen molar-refractivity contribution < 1.29 is 0 Å². The Morgan fingerprint density at radius 1 is 1.33 bits per heavy atom. The van der Waals surface area contributed by atoms with E-state index in [4.69, 9.17) is 5.73 Å². The molecule has 0 aromatic carbocycles. The predicted octanol–water partition coefficient (Wildman–Crippen LogP) is 1.77. The second kappa shape index (κ2) is 3.21. The van der Waals surface area contributed by atoms with E-state index < -0.39 is 0 Å². The largest absolute Gasteiger partial charge is 0.330 e. The topological polar surface area (TPSA) is 26.0 Å². The lowest BCUT2D eigenvalue weighted by atomic mass is 9.71. The van der Waals surface area contributed by atoms with Gasteiger partial charge < -0.3 is 5.73 Å². The van der Waals surface area contributed by atoms with Gasteiger partial charge in [0.1, 0.15) is 0 Å². The fourth-order valence-electron chi connectivity index (χ4n) is 1.70. The minimum atomic E-state index is 0.880. The quantitative estimate of drug-likeness (QED) is 0.614. The third kappa shape index (κ3) is 1.45. The predicted molar refractivity (Wildman–Crippen MR) is 40.2 cm³/mol. The molecule has 0 bridgehead atoms. The zero-order valence-corrected chi connectivity index (χ0v) is 6.27. The van der Waals surface area contributed by atoms with Gasteiger partial charge in [0, 0.05) is 0 Å². The van der Waals surface area contributed by atoms with E-state index >= 15 is 0 Å². The van der Waals surface area contributed by atoms with Crippen LogP contribution >= 0.6 is 0 Å². The molecule has 0 aromatic heterocycles. The van der Waals surface area contributed by atoms with Gasteiger partial charge in [-0.25, -0.2) is 0 Å². The van der Waals surface area contributed by atoms with Crippen molar-refractivity contribution in [2.24, 2.45) is 17.6 Å². The summed E-state index contributed by atoms with van der Waals surface area (Å²) < 4.78 is 0. The fourth-order valence-corrected chi connectivity index (χ4v) is 1.70. The lowest BCUT2D eigenvalue weighted by Gasteiger charge is -2.35. The highest BCUT2D eigenvalue weighted by Gasteiger charge is 2.27. The molecule has 1 heteroatoms. The number of nitrogens with two attached hydrogens (primary N) is 1. The first-order valence-electron chi connectivity index (χ1n) is 4.08. The van der Waals surface area contributed by atoms with E-state index in [0.717, 1.165) is 18.4 Å². The summed E-state index contributed by atoms with van der Waals surface area (Å²) in [5.74, 6) is 1.87. The van der Waals surface area contributed by atoms with E-state index in [1.165, 1.54) is 25.7 Å². The van der Waals surface area contributed by atoms with Crippen LogP contribution in [-0.2, 0) is 0 Å². The van der Waals surface area contributed by atoms with Crippen molar-refractivity contribution in [1.29, 1.82) is 0 Å². The van der Waals surface area contributed by atoms with Crippen LogP contribution in [0.4, 0.5) is 0 Å². The molecular weight excluding hydrogens is 110 g/mol. The second-order valence-electron chi connectivity index (χ2n) is 3.12. The van der Waals surface area contributed by atoms with E-state index in [9.17, 15) is 0 Å². The first-order valence-corrected chi connectivity index (χ1v) is 4.08. The Balaban J connectivity index is 2.11. The van der Waals surface area contributed by atoms with Gasteiger partial charge in [-0.15, -0.1) is 0 Å². The average Bonchev–Trinajstić information content (AvgIpc) is 1.82. The molecule has 9 heavy (non-hydrogen) atoms. The SMILES string of the molecule is CCCC1CC[C@@H]1CN. The maximum Gasteiger partial charge on any atom is -0.00462 e. The van der Waals surface area contributed by atoms with Gasteiger partial charge in [0.2, 0.25) is 0 Å². The van der Waals surface area contributed by atoms with Gasteiger partial charge in [0.05, 0.1) is 0 Å². The van der Waals surface area contributed by atoms with E-state index in [1.807, 2.05) is 0 Å². The Labute approximate surface area is 57.6 Å². The van der Waals surface area contributed by atoms with Crippen LogP contribution in [0.15, 0.2) is 0 Å². The summed E-state index contributed by atoms with van der Waals surface area (Å²) in [5.41, 5.74) is 5.55.